The minimum Gasteiger partial charge on any atom is -0.497 e. The summed E-state index contributed by atoms with van der Waals surface area (Å²) in [7, 11) is 3.92. The van der Waals surface area contributed by atoms with Crippen LogP contribution >= 0.6 is 0 Å². The number of rotatable bonds is 3. The number of piperazine rings is 1. The van der Waals surface area contributed by atoms with Gasteiger partial charge in [-0.3, -0.25) is 4.79 Å². The monoisotopic (exact) mass is 319 g/mol. The summed E-state index contributed by atoms with van der Waals surface area (Å²) in [6.07, 6.45) is 2.26. The van der Waals surface area contributed by atoms with Crippen LogP contribution < -0.4 is 14.5 Å². The molecule has 0 radical (unpaired) electrons. The second kappa shape index (κ2) is 7.32. The molecule has 2 fully saturated rings. The van der Waals surface area contributed by atoms with Crippen molar-refractivity contribution in [1.29, 1.82) is 0 Å². The Hall–Kier alpha value is -1.59. The summed E-state index contributed by atoms with van der Waals surface area (Å²) in [6.45, 7) is 6.87. The summed E-state index contributed by atoms with van der Waals surface area (Å²) in [5.74, 6) is 0.885. The predicted molar refractivity (Wildman–Crippen MR) is 89.2 cm³/mol. The zero-order chi connectivity index (χ0) is 16.2. The van der Waals surface area contributed by atoms with Crippen molar-refractivity contribution in [3.8, 4) is 5.75 Å². The summed E-state index contributed by atoms with van der Waals surface area (Å²) >= 11 is 0. The number of piperidine rings is 1. The second-order valence-electron chi connectivity index (χ2n) is 6.91. The van der Waals surface area contributed by atoms with Crippen molar-refractivity contribution in [2.24, 2.45) is 0 Å². The quantitative estimate of drug-likeness (QED) is 0.728. The van der Waals surface area contributed by atoms with E-state index in [1.165, 1.54) is 26.2 Å². The number of benzene rings is 1. The van der Waals surface area contributed by atoms with Gasteiger partial charge in [0.2, 0.25) is 0 Å². The molecule has 3 rings (SSSR count). The Morgan fingerprint density at radius 3 is 2.52 bits per heavy atom. The lowest BCUT2D eigenvalue weighted by molar-refractivity contribution is -1.02. The fourth-order valence-electron chi connectivity index (χ4n) is 3.84. The van der Waals surface area contributed by atoms with E-state index in [9.17, 15) is 4.79 Å². The molecule has 2 aliphatic rings. The van der Waals surface area contributed by atoms with E-state index in [-0.39, 0.29) is 5.91 Å². The SMILES string of the molecule is COc1cccc(C(=O)N2CCC([NH+]3CC[NH+](C)CC3)CC2)c1. The van der Waals surface area contributed by atoms with Crippen molar-refractivity contribution in [2.45, 2.75) is 18.9 Å². The summed E-state index contributed by atoms with van der Waals surface area (Å²) in [5, 5.41) is 0. The maximum atomic E-state index is 12.7. The van der Waals surface area contributed by atoms with E-state index in [0.717, 1.165) is 43.3 Å². The molecule has 0 aliphatic carbocycles. The molecule has 23 heavy (non-hydrogen) atoms. The van der Waals surface area contributed by atoms with Gasteiger partial charge in [-0.25, -0.2) is 0 Å². The summed E-state index contributed by atoms with van der Waals surface area (Å²) in [4.78, 5) is 18.1. The lowest BCUT2D eigenvalue weighted by Crippen LogP contribution is -3.28. The fraction of sp³-hybridized carbons (Fsp3) is 0.611. The number of amides is 1. The van der Waals surface area contributed by atoms with Crippen molar-refractivity contribution in [3.05, 3.63) is 29.8 Å². The van der Waals surface area contributed by atoms with Gasteiger partial charge in [0, 0.05) is 31.5 Å². The molecule has 1 aromatic carbocycles. The highest BCUT2D eigenvalue weighted by Gasteiger charge is 2.32. The van der Waals surface area contributed by atoms with Crippen molar-refractivity contribution < 1.29 is 19.3 Å². The molecule has 1 amide bonds. The van der Waals surface area contributed by atoms with E-state index in [2.05, 4.69) is 7.05 Å². The van der Waals surface area contributed by atoms with Gasteiger partial charge in [0.25, 0.3) is 5.91 Å². The molecule has 5 nitrogen and oxygen atoms in total. The average molecular weight is 319 g/mol. The number of methoxy groups -OCH3 is 1. The van der Waals surface area contributed by atoms with E-state index in [4.69, 9.17) is 4.74 Å². The van der Waals surface area contributed by atoms with Crippen molar-refractivity contribution >= 4 is 5.91 Å². The Bertz CT molecular complexity index is 533. The molecule has 0 bridgehead atoms. The molecule has 0 unspecified atom stereocenters. The van der Waals surface area contributed by atoms with Gasteiger partial charge >= 0.3 is 0 Å². The normalized spacial score (nSPS) is 26.1. The number of hydrogen-bond acceptors (Lipinski definition) is 2. The van der Waals surface area contributed by atoms with Gasteiger partial charge in [-0.2, -0.15) is 0 Å². The van der Waals surface area contributed by atoms with E-state index < -0.39 is 0 Å². The largest absolute Gasteiger partial charge is 0.497 e. The minimum absolute atomic E-state index is 0.139. The zero-order valence-electron chi connectivity index (χ0n) is 14.3. The zero-order valence-corrected chi connectivity index (χ0v) is 14.3. The van der Waals surface area contributed by atoms with Crippen LogP contribution in [0.15, 0.2) is 24.3 Å². The second-order valence-corrected chi connectivity index (χ2v) is 6.91. The van der Waals surface area contributed by atoms with E-state index in [1.54, 1.807) is 16.9 Å². The third-order valence-corrected chi connectivity index (χ3v) is 5.42. The van der Waals surface area contributed by atoms with Crippen LogP contribution in [0.4, 0.5) is 0 Å². The van der Waals surface area contributed by atoms with Crippen molar-refractivity contribution in [1.82, 2.24) is 4.90 Å². The predicted octanol–water partition coefficient (Wildman–Crippen LogP) is -1.29. The van der Waals surface area contributed by atoms with E-state index >= 15 is 0 Å². The standard InChI is InChI=1S/C18H27N3O2/c1-19-10-12-20(13-11-19)16-6-8-21(9-7-16)18(22)15-4-3-5-17(14-15)23-2/h3-5,14,16H,6-13H2,1-2H3/p+2. The molecule has 126 valence electrons. The van der Waals surface area contributed by atoms with Crippen LogP contribution in [0.1, 0.15) is 23.2 Å². The molecule has 0 saturated carbocycles. The first-order chi connectivity index (χ1) is 11.2. The maximum absolute atomic E-state index is 12.7. The van der Waals surface area contributed by atoms with E-state index in [0.29, 0.717) is 0 Å². The molecule has 0 spiro atoms. The third kappa shape index (κ3) is 3.85. The van der Waals surface area contributed by atoms with Crippen LogP contribution in [-0.2, 0) is 0 Å². The Morgan fingerprint density at radius 2 is 1.87 bits per heavy atom. The van der Waals surface area contributed by atoms with Crippen LogP contribution in [0.2, 0.25) is 0 Å². The molecule has 0 atom stereocenters. The van der Waals surface area contributed by atoms with Crippen LogP contribution in [0, 0.1) is 0 Å². The molecule has 2 heterocycles. The number of nitrogens with zero attached hydrogens (tertiary/aromatic N) is 1. The topological polar surface area (TPSA) is 38.4 Å². The highest BCUT2D eigenvalue weighted by Crippen LogP contribution is 2.17. The first kappa shape index (κ1) is 16.3. The molecule has 2 aliphatic heterocycles. The van der Waals surface area contributed by atoms with Gasteiger partial charge < -0.3 is 19.4 Å². The van der Waals surface area contributed by atoms with Gasteiger partial charge in [-0.1, -0.05) is 6.07 Å². The lowest BCUT2D eigenvalue weighted by Gasteiger charge is -2.38. The van der Waals surface area contributed by atoms with Gasteiger partial charge in [0.1, 0.15) is 31.9 Å². The number of likely N-dealkylation sites (tertiary alicyclic amines) is 1. The first-order valence-corrected chi connectivity index (χ1v) is 8.76. The lowest BCUT2D eigenvalue weighted by atomic mass is 10.0. The minimum atomic E-state index is 0.139. The van der Waals surface area contributed by atoms with E-state index in [1.807, 2.05) is 29.2 Å². The number of quaternary nitrogens is 2. The Labute approximate surface area is 138 Å². The Balaban J connectivity index is 1.55. The van der Waals surface area contributed by atoms with Gasteiger partial charge in [-0.05, 0) is 18.2 Å². The van der Waals surface area contributed by atoms with Crippen LogP contribution in [0.25, 0.3) is 0 Å². The van der Waals surface area contributed by atoms with Crippen LogP contribution in [-0.4, -0.2) is 70.3 Å². The highest BCUT2D eigenvalue weighted by molar-refractivity contribution is 5.94. The van der Waals surface area contributed by atoms with Crippen LogP contribution in [0.3, 0.4) is 0 Å². The maximum Gasteiger partial charge on any atom is 0.253 e. The third-order valence-electron chi connectivity index (χ3n) is 5.42. The Kier molecular flexibility index (Phi) is 5.18. The highest BCUT2D eigenvalue weighted by atomic mass is 16.5. The number of carbonyl (C=O) groups is 1. The summed E-state index contributed by atoms with van der Waals surface area (Å²) < 4.78 is 5.22. The van der Waals surface area contributed by atoms with Crippen molar-refractivity contribution in [2.75, 3.05) is 53.4 Å². The van der Waals surface area contributed by atoms with Crippen LogP contribution in [0.5, 0.6) is 5.75 Å². The molecular formula is C18H29N3O2+2. The number of hydrogen-bond donors (Lipinski definition) is 2. The smallest absolute Gasteiger partial charge is 0.253 e. The summed E-state index contributed by atoms with van der Waals surface area (Å²) in [5.41, 5.74) is 0.735. The molecule has 1 aromatic rings. The number of likely N-dealkylation sites (N-methyl/N-ethyl adjacent to an activating group) is 1. The molecule has 2 saturated heterocycles. The number of ether oxygens (including phenoxy) is 1. The molecular weight excluding hydrogens is 290 g/mol. The van der Waals surface area contributed by atoms with Gasteiger partial charge in [-0.15, -0.1) is 0 Å². The Morgan fingerprint density at radius 1 is 1.17 bits per heavy atom. The summed E-state index contributed by atoms with van der Waals surface area (Å²) in [6, 6.07) is 8.21. The molecule has 2 N–H and O–H groups in total. The number of carbonyl (C=O) groups excluding carboxylic acids is 1. The molecule has 5 heteroatoms. The molecule has 0 aromatic heterocycles. The first-order valence-electron chi connectivity index (χ1n) is 8.76. The number of nitrogens with one attached hydrogen (secondary N) is 2. The van der Waals surface area contributed by atoms with Gasteiger partial charge in [0.15, 0.2) is 0 Å². The van der Waals surface area contributed by atoms with Crippen molar-refractivity contribution in [3.63, 3.8) is 0 Å². The average Bonchev–Trinajstić information content (AvgIpc) is 2.62. The fourth-order valence-corrected chi connectivity index (χ4v) is 3.84. The van der Waals surface area contributed by atoms with Gasteiger partial charge in [0.05, 0.1) is 20.2 Å².